The van der Waals surface area contributed by atoms with Crippen LogP contribution in [0.25, 0.3) is 0 Å². The highest BCUT2D eigenvalue weighted by atomic mass is 16.5. The summed E-state index contributed by atoms with van der Waals surface area (Å²) in [5.41, 5.74) is 3.63. The third-order valence-corrected chi connectivity index (χ3v) is 6.44. The van der Waals surface area contributed by atoms with Gasteiger partial charge in [-0.15, -0.1) is 0 Å². The number of anilines is 2. The van der Waals surface area contributed by atoms with Crippen LogP contribution < -0.4 is 10.2 Å². The molecule has 0 radical (unpaired) electrons. The van der Waals surface area contributed by atoms with E-state index < -0.39 is 0 Å². The molecule has 0 unspecified atom stereocenters. The first kappa shape index (κ1) is 20.3. The number of rotatable bonds is 3. The maximum atomic E-state index is 12.5. The van der Waals surface area contributed by atoms with E-state index in [1.54, 1.807) is 13.1 Å². The molecule has 1 saturated heterocycles. The Hall–Kier alpha value is -2.98. The van der Waals surface area contributed by atoms with Gasteiger partial charge in [-0.2, -0.15) is 5.26 Å². The van der Waals surface area contributed by atoms with Gasteiger partial charge >= 0.3 is 0 Å². The molecule has 3 heterocycles. The van der Waals surface area contributed by atoms with Gasteiger partial charge in [-0.3, -0.25) is 4.79 Å². The fraction of sp³-hybridized carbons (Fsp3) is 0.478. The van der Waals surface area contributed by atoms with Crippen LogP contribution in [0, 0.1) is 17.2 Å². The lowest BCUT2D eigenvalue weighted by molar-refractivity contribution is -0.117. The first-order valence-electron chi connectivity index (χ1n) is 10.5. The third kappa shape index (κ3) is 3.75. The molecule has 7 heteroatoms. The summed E-state index contributed by atoms with van der Waals surface area (Å²) in [7, 11) is 0. The number of ether oxygens (including phenoxy) is 1. The predicted molar refractivity (Wildman–Crippen MR) is 114 cm³/mol. The van der Waals surface area contributed by atoms with Gasteiger partial charge in [0.25, 0.3) is 0 Å². The highest BCUT2D eigenvalue weighted by molar-refractivity contribution is 5.94. The fourth-order valence-corrected chi connectivity index (χ4v) is 4.63. The molecule has 0 spiro atoms. The molecule has 2 aliphatic rings. The Kier molecular flexibility index (Phi) is 5.69. The minimum absolute atomic E-state index is 0.0207. The number of hydrogen-bond donors (Lipinski definition) is 1. The van der Waals surface area contributed by atoms with Gasteiger partial charge in [0.05, 0.1) is 18.4 Å². The van der Waals surface area contributed by atoms with Crippen molar-refractivity contribution >= 4 is 17.4 Å². The molecule has 30 heavy (non-hydrogen) atoms. The van der Waals surface area contributed by atoms with E-state index in [2.05, 4.69) is 47.3 Å². The van der Waals surface area contributed by atoms with E-state index in [-0.39, 0.29) is 29.6 Å². The van der Waals surface area contributed by atoms with Crippen molar-refractivity contribution in [3.63, 3.8) is 0 Å². The van der Waals surface area contributed by atoms with E-state index in [1.807, 2.05) is 11.0 Å². The van der Waals surface area contributed by atoms with Crippen molar-refractivity contribution in [3.8, 4) is 6.07 Å². The summed E-state index contributed by atoms with van der Waals surface area (Å²) in [6.45, 7) is 7.44. The van der Waals surface area contributed by atoms with Crippen molar-refractivity contribution in [2.24, 2.45) is 5.92 Å². The molecular formula is C23H27N5O2. The van der Waals surface area contributed by atoms with E-state index in [1.165, 1.54) is 11.8 Å². The van der Waals surface area contributed by atoms with Gasteiger partial charge in [-0.1, -0.05) is 19.1 Å². The number of amides is 1. The second-order valence-electron chi connectivity index (χ2n) is 8.21. The molecule has 1 fully saturated rings. The van der Waals surface area contributed by atoms with E-state index in [9.17, 15) is 4.79 Å². The van der Waals surface area contributed by atoms with E-state index in [0.29, 0.717) is 11.7 Å². The molecule has 1 N–H and O–H groups in total. The predicted octanol–water partition coefficient (Wildman–Crippen LogP) is 3.79. The summed E-state index contributed by atoms with van der Waals surface area (Å²) in [6, 6.07) is 8.50. The van der Waals surface area contributed by atoms with Crippen molar-refractivity contribution in [2.45, 2.75) is 51.6 Å². The molecule has 0 saturated carbocycles. The van der Waals surface area contributed by atoms with Crippen LogP contribution in [0.4, 0.5) is 11.5 Å². The van der Waals surface area contributed by atoms with Crippen molar-refractivity contribution in [1.29, 1.82) is 5.26 Å². The second kappa shape index (κ2) is 8.41. The van der Waals surface area contributed by atoms with Crippen molar-refractivity contribution < 1.29 is 9.53 Å². The SMILES string of the molecule is CC(=O)N1c2ccc(C3CCOCC3)cc2[C@H](Nc2cnc(C#N)cn2)[C@@H](C)[C@@H]1C. The Labute approximate surface area is 177 Å². The Balaban J connectivity index is 1.74. The second-order valence-corrected chi connectivity index (χ2v) is 8.21. The minimum Gasteiger partial charge on any atom is -0.381 e. The van der Waals surface area contributed by atoms with Crippen LogP contribution in [0.1, 0.15) is 62.4 Å². The molecule has 2 aliphatic heterocycles. The van der Waals surface area contributed by atoms with E-state index in [0.717, 1.165) is 37.3 Å². The Morgan fingerprint density at radius 2 is 2.00 bits per heavy atom. The fourth-order valence-electron chi connectivity index (χ4n) is 4.63. The molecule has 2 aromatic rings. The van der Waals surface area contributed by atoms with E-state index >= 15 is 0 Å². The summed E-state index contributed by atoms with van der Waals surface area (Å²) in [5, 5.41) is 12.5. The largest absolute Gasteiger partial charge is 0.381 e. The lowest BCUT2D eigenvalue weighted by atomic mass is 9.80. The number of nitrogens with zero attached hydrogens (tertiary/aromatic N) is 4. The normalized spacial score (nSPS) is 24.1. The van der Waals surface area contributed by atoms with Gasteiger partial charge in [-0.25, -0.2) is 9.97 Å². The zero-order valence-electron chi connectivity index (χ0n) is 17.6. The summed E-state index contributed by atoms with van der Waals surface area (Å²) in [5.74, 6) is 1.30. The Morgan fingerprint density at radius 3 is 2.63 bits per heavy atom. The first-order chi connectivity index (χ1) is 14.5. The summed E-state index contributed by atoms with van der Waals surface area (Å²) < 4.78 is 5.53. The molecule has 3 atom stereocenters. The molecule has 1 aromatic heterocycles. The zero-order chi connectivity index (χ0) is 21.3. The van der Waals surface area contributed by atoms with Crippen LogP contribution in [-0.4, -0.2) is 35.1 Å². The monoisotopic (exact) mass is 405 g/mol. The number of fused-ring (bicyclic) bond motifs is 1. The standard InChI is InChI=1S/C23H27N5O2/c1-14-15(2)28(16(3)29)21-5-4-18(17-6-8-30-9-7-17)10-20(21)23(14)27-22-13-25-19(11-24)12-26-22/h4-5,10,12-15,17,23H,6-9H2,1-3H3,(H,26,27)/t14-,15-,23+/m0/s1. The van der Waals surface area contributed by atoms with Crippen LogP contribution in [-0.2, 0) is 9.53 Å². The van der Waals surface area contributed by atoms with Gasteiger partial charge in [0.1, 0.15) is 11.9 Å². The summed E-state index contributed by atoms with van der Waals surface area (Å²) in [6.07, 6.45) is 5.09. The molecule has 7 nitrogen and oxygen atoms in total. The van der Waals surface area contributed by atoms with Gasteiger partial charge in [0, 0.05) is 37.8 Å². The molecule has 0 bridgehead atoms. The van der Waals surface area contributed by atoms with Crippen LogP contribution in [0.2, 0.25) is 0 Å². The van der Waals surface area contributed by atoms with Crippen LogP contribution in [0.3, 0.4) is 0 Å². The van der Waals surface area contributed by atoms with Crippen LogP contribution in [0.15, 0.2) is 30.6 Å². The Morgan fingerprint density at radius 1 is 1.23 bits per heavy atom. The topological polar surface area (TPSA) is 91.1 Å². The lowest BCUT2D eigenvalue weighted by Gasteiger charge is -2.44. The number of hydrogen-bond acceptors (Lipinski definition) is 6. The zero-order valence-corrected chi connectivity index (χ0v) is 17.6. The molecule has 1 aromatic carbocycles. The maximum absolute atomic E-state index is 12.5. The quantitative estimate of drug-likeness (QED) is 0.835. The summed E-state index contributed by atoms with van der Waals surface area (Å²) in [4.78, 5) is 22.9. The number of nitriles is 1. The van der Waals surface area contributed by atoms with Crippen LogP contribution >= 0.6 is 0 Å². The van der Waals surface area contributed by atoms with Crippen molar-refractivity contribution in [3.05, 3.63) is 47.4 Å². The molecule has 156 valence electrons. The number of carbonyl (C=O) groups excluding carboxylic acids is 1. The number of benzene rings is 1. The minimum atomic E-state index is -0.0207. The summed E-state index contributed by atoms with van der Waals surface area (Å²) >= 11 is 0. The number of aromatic nitrogens is 2. The highest BCUT2D eigenvalue weighted by Crippen LogP contribution is 2.44. The molecule has 1 amide bonds. The number of carbonyl (C=O) groups is 1. The molecular weight excluding hydrogens is 378 g/mol. The Bertz CT molecular complexity index is 963. The number of nitrogens with one attached hydrogen (secondary N) is 1. The van der Waals surface area contributed by atoms with Crippen molar-refractivity contribution in [2.75, 3.05) is 23.4 Å². The third-order valence-electron chi connectivity index (χ3n) is 6.44. The first-order valence-corrected chi connectivity index (χ1v) is 10.5. The highest BCUT2D eigenvalue weighted by Gasteiger charge is 2.38. The van der Waals surface area contributed by atoms with Crippen LogP contribution in [0.5, 0.6) is 0 Å². The molecule has 4 rings (SSSR count). The maximum Gasteiger partial charge on any atom is 0.224 e. The smallest absolute Gasteiger partial charge is 0.224 e. The average Bonchev–Trinajstić information content (AvgIpc) is 2.77. The average molecular weight is 406 g/mol. The lowest BCUT2D eigenvalue weighted by Crippen LogP contribution is -2.48. The van der Waals surface area contributed by atoms with E-state index in [4.69, 9.17) is 10.00 Å². The van der Waals surface area contributed by atoms with Crippen molar-refractivity contribution in [1.82, 2.24) is 9.97 Å². The van der Waals surface area contributed by atoms with Gasteiger partial charge in [-0.05, 0) is 42.9 Å². The molecule has 0 aliphatic carbocycles. The van der Waals surface area contributed by atoms with Gasteiger partial charge in [0.2, 0.25) is 5.91 Å². The van der Waals surface area contributed by atoms with Gasteiger partial charge in [0.15, 0.2) is 5.69 Å². The van der Waals surface area contributed by atoms with Gasteiger partial charge < -0.3 is 15.0 Å².